The molecule has 2 heterocycles. The van der Waals surface area contributed by atoms with E-state index >= 15 is 0 Å². The summed E-state index contributed by atoms with van der Waals surface area (Å²) >= 11 is 1.45. The molecule has 1 N–H and O–H groups in total. The number of esters is 1. The Labute approximate surface area is 216 Å². The van der Waals surface area contributed by atoms with Crippen LogP contribution >= 0.6 is 11.8 Å². The van der Waals surface area contributed by atoms with Crippen LogP contribution in [0.4, 0.5) is 5.69 Å². The fourth-order valence-corrected chi connectivity index (χ4v) is 5.16. The third-order valence-corrected chi connectivity index (χ3v) is 6.95. The van der Waals surface area contributed by atoms with Crippen molar-refractivity contribution in [1.29, 1.82) is 0 Å². The number of hydrogen-bond donors (Lipinski definition) is 1. The Bertz CT molecular complexity index is 1200. The maximum Gasteiger partial charge on any atom is 0.338 e. The smallest absolute Gasteiger partial charge is 0.338 e. The molecule has 1 unspecified atom stereocenters. The summed E-state index contributed by atoms with van der Waals surface area (Å²) in [5.74, 6) is -0.149. The molecule has 0 saturated carbocycles. The highest BCUT2D eigenvalue weighted by molar-refractivity contribution is 8.16. The number of methoxy groups -OCH3 is 1. The minimum Gasteiger partial charge on any atom is -0.460 e. The van der Waals surface area contributed by atoms with Crippen LogP contribution in [0.5, 0.6) is 0 Å². The molecule has 0 bridgehead atoms. The molecule has 36 heavy (non-hydrogen) atoms. The summed E-state index contributed by atoms with van der Waals surface area (Å²) in [6.45, 7) is 6.55. The number of nitrogens with one attached hydrogen (secondary N) is 1. The predicted octanol–water partition coefficient (Wildman–Crippen LogP) is 5.60. The number of fused-ring (bicyclic) bond motifs is 1. The second-order valence-electron chi connectivity index (χ2n) is 8.93. The Morgan fingerprint density at radius 1 is 1.08 bits per heavy atom. The largest absolute Gasteiger partial charge is 0.460 e. The zero-order valence-electron chi connectivity index (χ0n) is 21.0. The molecule has 0 aromatic heterocycles. The van der Waals surface area contributed by atoms with Gasteiger partial charge in [0.15, 0.2) is 5.17 Å². The van der Waals surface area contributed by atoms with Gasteiger partial charge in [-0.2, -0.15) is 0 Å². The summed E-state index contributed by atoms with van der Waals surface area (Å²) in [5, 5.41) is 5.66. The van der Waals surface area contributed by atoms with Crippen molar-refractivity contribution in [1.82, 2.24) is 4.90 Å². The molecule has 0 saturated heterocycles. The summed E-state index contributed by atoms with van der Waals surface area (Å²) in [4.78, 5) is 32.8. The number of anilines is 1. The van der Waals surface area contributed by atoms with Gasteiger partial charge in [0, 0.05) is 18.5 Å². The normalized spacial score (nSPS) is 17.0. The fraction of sp³-hybridized carbons (Fsp3) is 0.321. The lowest BCUT2D eigenvalue weighted by Gasteiger charge is -2.36. The molecular weight excluding hydrogens is 474 g/mol. The van der Waals surface area contributed by atoms with Crippen LogP contribution in [-0.4, -0.2) is 42.3 Å². The van der Waals surface area contributed by atoms with E-state index in [2.05, 4.69) is 24.2 Å². The first-order chi connectivity index (χ1) is 17.4. The standard InChI is InChI=1S/C28H31N3O4S/c1-18(2)20-10-12-22(13-11-20)30-24(32)16-23-17-36-28-29-19(3)25(27(33)35-15-14-34-4)26(31(23)28)21-8-6-5-7-9-21/h5-13,17-18,26H,14-16H2,1-4H3,(H,30,32). The number of allylic oxidation sites excluding steroid dienone is 1. The lowest BCUT2D eigenvalue weighted by molar-refractivity contribution is -0.141. The molecule has 0 aliphatic carbocycles. The van der Waals surface area contributed by atoms with Crippen molar-refractivity contribution in [2.24, 2.45) is 4.99 Å². The third kappa shape index (κ3) is 5.71. The van der Waals surface area contributed by atoms with E-state index < -0.39 is 12.0 Å². The van der Waals surface area contributed by atoms with Crippen molar-refractivity contribution >= 4 is 34.5 Å². The number of benzene rings is 2. The number of ether oxygens (including phenoxy) is 2. The molecule has 0 fully saturated rings. The summed E-state index contributed by atoms with van der Waals surface area (Å²) < 4.78 is 10.5. The Morgan fingerprint density at radius 2 is 1.81 bits per heavy atom. The highest BCUT2D eigenvalue weighted by Gasteiger charge is 2.41. The average Bonchev–Trinajstić information content (AvgIpc) is 3.25. The minimum atomic E-state index is -0.451. The zero-order valence-corrected chi connectivity index (χ0v) is 21.8. The van der Waals surface area contributed by atoms with Crippen LogP contribution in [0.25, 0.3) is 0 Å². The number of carbonyl (C=O) groups excluding carboxylic acids is 2. The third-order valence-electron chi connectivity index (χ3n) is 6.06. The molecule has 2 aliphatic heterocycles. The van der Waals surface area contributed by atoms with Crippen molar-refractivity contribution in [2.75, 3.05) is 25.6 Å². The average molecular weight is 506 g/mol. The van der Waals surface area contributed by atoms with Crippen molar-refractivity contribution in [3.63, 3.8) is 0 Å². The molecule has 1 atom stereocenters. The van der Waals surface area contributed by atoms with Crippen molar-refractivity contribution < 1.29 is 19.1 Å². The van der Waals surface area contributed by atoms with Crippen LogP contribution in [0.3, 0.4) is 0 Å². The summed E-state index contributed by atoms with van der Waals surface area (Å²) in [6, 6.07) is 17.2. The molecule has 1 amide bonds. The molecule has 188 valence electrons. The highest BCUT2D eigenvalue weighted by atomic mass is 32.2. The van der Waals surface area contributed by atoms with E-state index in [4.69, 9.17) is 9.47 Å². The van der Waals surface area contributed by atoms with Crippen LogP contribution in [0, 0.1) is 0 Å². The predicted molar refractivity (Wildman–Crippen MR) is 143 cm³/mol. The Hall–Kier alpha value is -3.36. The van der Waals surface area contributed by atoms with Crippen molar-refractivity contribution in [2.45, 2.75) is 39.2 Å². The van der Waals surface area contributed by atoms with Crippen LogP contribution in [0.1, 0.15) is 50.3 Å². The van der Waals surface area contributed by atoms with Crippen LogP contribution in [0.2, 0.25) is 0 Å². The van der Waals surface area contributed by atoms with Gasteiger partial charge in [-0.25, -0.2) is 9.79 Å². The van der Waals surface area contributed by atoms with Gasteiger partial charge in [-0.15, -0.1) is 0 Å². The Morgan fingerprint density at radius 3 is 2.47 bits per heavy atom. The highest BCUT2D eigenvalue weighted by Crippen LogP contribution is 2.44. The van der Waals surface area contributed by atoms with Gasteiger partial charge in [0.25, 0.3) is 0 Å². The van der Waals surface area contributed by atoms with Crippen LogP contribution in [0.15, 0.2) is 82.0 Å². The monoisotopic (exact) mass is 505 g/mol. The quantitative estimate of drug-likeness (QED) is 0.353. The van der Waals surface area contributed by atoms with Gasteiger partial charge in [0.1, 0.15) is 6.61 Å². The molecule has 8 heteroatoms. The summed E-state index contributed by atoms with van der Waals surface area (Å²) in [5.41, 5.74) is 4.73. The SMILES string of the molecule is COCCOC(=O)C1=C(C)N=C2SC=C(CC(=O)Nc3ccc(C(C)C)cc3)N2C1c1ccccc1. The first kappa shape index (κ1) is 25.7. The van der Waals surface area contributed by atoms with E-state index in [1.807, 2.05) is 71.8 Å². The minimum absolute atomic E-state index is 0.136. The van der Waals surface area contributed by atoms with E-state index in [0.717, 1.165) is 22.1 Å². The van der Waals surface area contributed by atoms with E-state index in [-0.39, 0.29) is 18.9 Å². The number of amidine groups is 1. The number of aliphatic imine (C=N–C) groups is 1. The number of thioether (sulfide) groups is 1. The van der Waals surface area contributed by atoms with Gasteiger partial charge in [-0.1, -0.05) is 68.1 Å². The number of amides is 1. The molecule has 2 aromatic rings. The lowest BCUT2D eigenvalue weighted by Crippen LogP contribution is -2.37. The second kappa shape index (κ2) is 11.6. The molecule has 0 spiro atoms. The van der Waals surface area contributed by atoms with Crippen molar-refractivity contribution in [3.05, 3.63) is 88.1 Å². The number of nitrogens with zero attached hydrogens (tertiary/aromatic N) is 2. The molecule has 2 aromatic carbocycles. The van der Waals surface area contributed by atoms with E-state index in [9.17, 15) is 9.59 Å². The molecule has 4 rings (SSSR count). The van der Waals surface area contributed by atoms with Gasteiger partial charge in [0.2, 0.25) is 5.91 Å². The first-order valence-corrected chi connectivity index (χ1v) is 12.8. The van der Waals surface area contributed by atoms with E-state index in [1.165, 1.54) is 17.3 Å². The summed E-state index contributed by atoms with van der Waals surface area (Å²) in [6.07, 6.45) is 0.145. The first-order valence-electron chi connectivity index (χ1n) is 11.9. The van der Waals surface area contributed by atoms with Crippen LogP contribution < -0.4 is 5.32 Å². The van der Waals surface area contributed by atoms with E-state index in [0.29, 0.717) is 23.8 Å². The van der Waals surface area contributed by atoms with Gasteiger partial charge >= 0.3 is 5.97 Å². The van der Waals surface area contributed by atoms with Gasteiger partial charge in [-0.3, -0.25) is 4.79 Å². The molecule has 2 aliphatic rings. The maximum atomic E-state index is 13.2. The maximum absolute atomic E-state index is 13.2. The fourth-order valence-electron chi connectivity index (χ4n) is 4.20. The number of rotatable bonds is 9. The lowest BCUT2D eigenvalue weighted by atomic mass is 9.94. The van der Waals surface area contributed by atoms with Gasteiger partial charge in [-0.05, 0) is 41.5 Å². The topological polar surface area (TPSA) is 80.2 Å². The molecule has 7 nitrogen and oxygen atoms in total. The number of hydrogen-bond acceptors (Lipinski definition) is 7. The van der Waals surface area contributed by atoms with Gasteiger partial charge in [0.05, 0.1) is 30.3 Å². The zero-order chi connectivity index (χ0) is 25.7. The Kier molecular flexibility index (Phi) is 8.28. The molecule has 0 radical (unpaired) electrons. The van der Waals surface area contributed by atoms with Gasteiger partial charge < -0.3 is 19.7 Å². The molecular formula is C28H31N3O4S. The van der Waals surface area contributed by atoms with Crippen molar-refractivity contribution in [3.8, 4) is 0 Å². The summed E-state index contributed by atoms with van der Waals surface area (Å²) in [7, 11) is 1.56. The van der Waals surface area contributed by atoms with E-state index in [1.54, 1.807) is 7.11 Å². The Balaban J connectivity index is 1.57. The second-order valence-corrected chi connectivity index (χ2v) is 9.77. The van der Waals surface area contributed by atoms with Crippen LogP contribution in [-0.2, 0) is 19.1 Å². The number of carbonyl (C=O) groups is 2.